The van der Waals surface area contributed by atoms with Crippen LogP contribution in [0.3, 0.4) is 0 Å². The number of carbonyl (C=O) groups is 1. The van der Waals surface area contributed by atoms with Crippen molar-refractivity contribution in [3.05, 3.63) is 41.7 Å². The summed E-state index contributed by atoms with van der Waals surface area (Å²) >= 11 is 0. The third-order valence-corrected chi connectivity index (χ3v) is 3.11. The van der Waals surface area contributed by atoms with Gasteiger partial charge in [-0.1, -0.05) is 12.1 Å². The molecule has 2 rings (SSSR count). The number of anilines is 1. The van der Waals surface area contributed by atoms with Gasteiger partial charge >= 0.3 is 0 Å². The molecule has 0 fully saturated rings. The molecule has 0 saturated carbocycles. The molecule has 0 amide bonds. The number of hydrogen-bond donors (Lipinski definition) is 1. The lowest BCUT2D eigenvalue weighted by atomic mass is 9.86. The molecule has 0 aliphatic heterocycles. The molecule has 90 valence electrons. The van der Waals surface area contributed by atoms with E-state index in [1.807, 2.05) is 43.3 Å². The summed E-state index contributed by atoms with van der Waals surface area (Å²) in [5.74, 6) is 0.321. The normalized spacial score (nSPS) is 20.0. The number of carbonyl (C=O) groups excluding carboxylic acids is 1. The van der Waals surface area contributed by atoms with Crippen LogP contribution in [-0.4, -0.2) is 25.0 Å². The van der Waals surface area contributed by atoms with Crippen LogP contribution in [0.5, 0.6) is 0 Å². The second-order valence-electron chi connectivity index (χ2n) is 4.69. The Morgan fingerprint density at radius 1 is 1.18 bits per heavy atom. The zero-order valence-corrected chi connectivity index (χ0v) is 10.2. The summed E-state index contributed by atoms with van der Waals surface area (Å²) in [5.41, 5.74) is 2.25. The molecule has 0 spiro atoms. The third-order valence-electron chi connectivity index (χ3n) is 3.11. The second kappa shape index (κ2) is 4.62. The Morgan fingerprint density at radius 3 is 2.35 bits per heavy atom. The van der Waals surface area contributed by atoms with Crippen LogP contribution in [0, 0.1) is 0 Å². The first-order valence-electron chi connectivity index (χ1n) is 5.76. The number of nitrogens with zero attached hydrogens (tertiary/aromatic N) is 1. The SMILES string of the molecule is CN(C)c1ccc([C@H]2CC(=O)C=C(O)C2)cc1. The molecule has 3 nitrogen and oxygen atoms in total. The second-order valence-corrected chi connectivity index (χ2v) is 4.69. The third kappa shape index (κ3) is 2.67. The Bertz CT molecular complexity index is 446. The fourth-order valence-electron chi connectivity index (χ4n) is 2.15. The number of benzene rings is 1. The summed E-state index contributed by atoms with van der Waals surface area (Å²) in [5, 5.41) is 9.49. The monoisotopic (exact) mass is 231 g/mol. The van der Waals surface area contributed by atoms with Gasteiger partial charge in [0.15, 0.2) is 5.78 Å². The molecular formula is C14H17NO2. The van der Waals surface area contributed by atoms with Gasteiger partial charge in [-0.25, -0.2) is 0 Å². The molecule has 1 N–H and O–H groups in total. The minimum absolute atomic E-state index is 0.00966. The highest BCUT2D eigenvalue weighted by Crippen LogP contribution is 2.31. The molecule has 3 heteroatoms. The molecule has 17 heavy (non-hydrogen) atoms. The van der Waals surface area contributed by atoms with Gasteiger partial charge in [0.2, 0.25) is 0 Å². The largest absolute Gasteiger partial charge is 0.512 e. The molecule has 0 aromatic heterocycles. The van der Waals surface area contributed by atoms with E-state index in [0.29, 0.717) is 12.8 Å². The molecule has 1 aromatic rings. The summed E-state index contributed by atoms with van der Waals surface area (Å²) < 4.78 is 0. The minimum atomic E-state index is 0.00966. The lowest BCUT2D eigenvalue weighted by molar-refractivity contribution is -0.115. The van der Waals surface area contributed by atoms with E-state index in [0.717, 1.165) is 11.3 Å². The van der Waals surface area contributed by atoms with E-state index in [2.05, 4.69) is 0 Å². The molecule has 0 bridgehead atoms. The number of hydrogen-bond acceptors (Lipinski definition) is 3. The topological polar surface area (TPSA) is 40.5 Å². The Balaban J connectivity index is 2.18. The van der Waals surface area contributed by atoms with E-state index in [1.54, 1.807) is 0 Å². The van der Waals surface area contributed by atoms with Crippen LogP contribution < -0.4 is 4.90 Å². The quantitative estimate of drug-likeness (QED) is 0.850. The summed E-state index contributed by atoms with van der Waals surface area (Å²) in [7, 11) is 3.99. The summed E-state index contributed by atoms with van der Waals surface area (Å²) in [4.78, 5) is 13.4. The highest BCUT2D eigenvalue weighted by atomic mass is 16.3. The zero-order chi connectivity index (χ0) is 12.4. The van der Waals surface area contributed by atoms with Gasteiger partial charge in [0.1, 0.15) is 0 Å². The smallest absolute Gasteiger partial charge is 0.159 e. The number of aliphatic hydroxyl groups is 1. The zero-order valence-electron chi connectivity index (χ0n) is 10.2. The van der Waals surface area contributed by atoms with Crippen molar-refractivity contribution in [3.63, 3.8) is 0 Å². The summed E-state index contributed by atoms with van der Waals surface area (Å²) in [6.45, 7) is 0. The number of allylic oxidation sites excluding steroid dienone is 2. The van der Waals surface area contributed by atoms with Gasteiger partial charge in [0.05, 0.1) is 5.76 Å². The van der Waals surface area contributed by atoms with Crippen LogP contribution in [0.1, 0.15) is 24.3 Å². The van der Waals surface area contributed by atoms with Crippen LogP contribution >= 0.6 is 0 Å². The molecule has 0 heterocycles. The van der Waals surface area contributed by atoms with Crippen LogP contribution in [0.25, 0.3) is 0 Å². The van der Waals surface area contributed by atoms with Crippen molar-refractivity contribution in [2.75, 3.05) is 19.0 Å². The minimum Gasteiger partial charge on any atom is -0.512 e. The average molecular weight is 231 g/mol. The van der Waals surface area contributed by atoms with E-state index in [-0.39, 0.29) is 17.5 Å². The van der Waals surface area contributed by atoms with E-state index in [1.165, 1.54) is 6.08 Å². The summed E-state index contributed by atoms with van der Waals surface area (Å²) in [6.07, 6.45) is 2.39. The maximum absolute atomic E-state index is 11.4. The number of aliphatic hydroxyl groups excluding tert-OH is 1. The highest BCUT2D eigenvalue weighted by molar-refractivity contribution is 5.91. The maximum Gasteiger partial charge on any atom is 0.159 e. The van der Waals surface area contributed by atoms with E-state index in [4.69, 9.17) is 0 Å². The van der Waals surface area contributed by atoms with Crippen molar-refractivity contribution in [1.29, 1.82) is 0 Å². The number of ketones is 1. The standard InChI is InChI=1S/C14H17NO2/c1-15(2)12-5-3-10(4-6-12)11-7-13(16)9-14(17)8-11/h3-6,9,11,16H,7-8H2,1-2H3/t11-/m1/s1. The average Bonchev–Trinajstić information content (AvgIpc) is 2.28. The van der Waals surface area contributed by atoms with Crippen LogP contribution in [0.2, 0.25) is 0 Å². The predicted molar refractivity (Wildman–Crippen MR) is 68.5 cm³/mol. The molecule has 0 radical (unpaired) electrons. The molecular weight excluding hydrogens is 214 g/mol. The van der Waals surface area contributed by atoms with Crippen molar-refractivity contribution < 1.29 is 9.90 Å². The lowest BCUT2D eigenvalue weighted by Crippen LogP contribution is -2.13. The Hall–Kier alpha value is -1.77. The molecule has 1 atom stereocenters. The first-order valence-corrected chi connectivity index (χ1v) is 5.76. The molecule has 0 saturated heterocycles. The van der Waals surface area contributed by atoms with Gasteiger partial charge < -0.3 is 10.0 Å². The Kier molecular flexibility index (Phi) is 3.18. The van der Waals surface area contributed by atoms with Crippen molar-refractivity contribution in [2.24, 2.45) is 0 Å². The van der Waals surface area contributed by atoms with Crippen LogP contribution in [-0.2, 0) is 4.79 Å². The van der Waals surface area contributed by atoms with Crippen molar-refractivity contribution in [1.82, 2.24) is 0 Å². The molecule has 1 aliphatic carbocycles. The van der Waals surface area contributed by atoms with Gasteiger partial charge in [-0.15, -0.1) is 0 Å². The van der Waals surface area contributed by atoms with E-state index in [9.17, 15) is 9.90 Å². The highest BCUT2D eigenvalue weighted by Gasteiger charge is 2.21. The van der Waals surface area contributed by atoms with Gasteiger partial charge in [-0.3, -0.25) is 4.79 Å². The number of rotatable bonds is 2. The van der Waals surface area contributed by atoms with Crippen LogP contribution in [0.15, 0.2) is 36.1 Å². The van der Waals surface area contributed by atoms with Crippen LogP contribution in [0.4, 0.5) is 5.69 Å². The molecule has 0 unspecified atom stereocenters. The fourth-order valence-corrected chi connectivity index (χ4v) is 2.15. The van der Waals surface area contributed by atoms with E-state index < -0.39 is 0 Å². The van der Waals surface area contributed by atoms with Crippen molar-refractivity contribution in [3.8, 4) is 0 Å². The summed E-state index contributed by atoms with van der Waals surface area (Å²) in [6, 6.07) is 8.14. The predicted octanol–water partition coefficient (Wildman–Crippen LogP) is 2.64. The molecule has 1 aromatic carbocycles. The van der Waals surface area contributed by atoms with Crippen molar-refractivity contribution in [2.45, 2.75) is 18.8 Å². The van der Waals surface area contributed by atoms with Gasteiger partial charge in [0, 0.05) is 38.7 Å². The Morgan fingerprint density at radius 2 is 1.82 bits per heavy atom. The van der Waals surface area contributed by atoms with E-state index >= 15 is 0 Å². The van der Waals surface area contributed by atoms with Gasteiger partial charge in [0.25, 0.3) is 0 Å². The fraction of sp³-hybridized carbons (Fsp3) is 0.357. The Labute approximate surface area is 101 Å². The molecule has 1 aliphatic rings. The van der Waals surface area contributed by atoms with Gasteiger partial charge in [-0.05, 0) is 23.6 Å². The lowest BCUT2D eigenvalue weighted by Gasteiger charge is -2.20. The first-order chi connectivity index (χ1) is 8.06. The first kappa shape index (κ1) is 11.7. The van der Waals surface area contributed by atoms with Gasteiger partial charge in [-0.2, -0.15) is 0 Å². The maximum atomic E-state index is 11.4. The van der Waals surface area contributed by atoms with Crippen molar-refractivity contribution >= 4 is 11.5 Å².